The summed E-state index contributed by atoms with van der Waals surface area (Å²) in [5, 5.41) is 12.5. The van der Waals surface area contributed by atoms with Gasteiger partial charge in [-0.1, -0.05) is 11.6 Å². The summed E-state index contributed by atoms with van der Waals surface area (Å²) in [4.78, 5) is 19.7. The lowest BCUT2D eigenvalue weighted by atomic mass is 10.2. The maximum absolute atomic E-state index is 11.1. The Morgan fingerprint density at radius 2 is 2.16 bits per heavy atom. The van der Waals surface area contributed by atoms with Crippen LogP contribution in [0.2, 0.25) is 5.02 Å². The number of anilines is 2. The summed E-state index contributed by atoms with van der Waals surface area (Å²) in [7, 11) is 3.37. The van der Waals surface area contributed by atoms with E-state index in [0.29, 0.717) is 28.1 Å². The summed E-state index contributed by atoms with van der Waals surface area (Å²) >= 11 is 6.21. The molecule has 3 rings (SSSR count). The van der Waals surface area contributed by atoms with Gasteiger partial charge in [-0.2, -0.15) is 0 Å². The number of benzene rings is 1. The number of rotatable bonds is 5. The third-order valence-electron chi connectivity index (χ3n) is 3.54. The van der Waals surface area contributed by atoms with E-state index in [1.165, 1.54) is 25.4 Å². The number of aromatic nitrogens is 3. The molecule has 25 heavy (non-hydrogen) atoms. The normalized spacial score (nSPS) is 10.5. The number of carboxylic acids is 1. The van der Waals surface area contributed by atoms with Crippen molar-refractivity contribution in [1.82, 2.24) is 14.5 Å². The topological polar surface area (TPSA) is 89.3 Å². The van der Waals surface area contributed by atoms with E-state index in [0.717, 1.165) is 5.56 Å². The zero-order chi connectivity index (χ0) is 18.0. The van der Waals surface area contributed by atoms with Gasteiger partial charge in [0, 0.05) is 25.0 Å². The number of aromatic carboxylic acids is 1. The number of carboxylic acid groups (broad SMARTS) is 1. The molecule has 0 aliphatic heterocycles. The largest absolute Gasteiger partial charge is 0.495 e. The number of carbonyl (C=O) groups is 1. The standard InChI is InChI=1S/C17H15ClN4O3/c1-22-6-5-11(9-22)15-12(18)8-19-17(21-15)20-13-4-3-10(16(23)24)7-14(13)25-2/h3-9H,1-2H3,(H,23,24)(H,19,20,21). The van der Waals surface area contributed by atoms with Crippen molar-refractivity contribution in [2.75, 3.05) is 12.4 Å². The molecule has 0 amide bonds. The molecule has 2 aromatic heterocycles. The quantitative estimate of drug-likeness (QED) is 0.724. The molecule has 0 radical (unpaired) electrons. The van der Waals surface area contributed by atoms with Crippen LogP contribution in [0.5, 0.6) is 5.75 Å². The Morgan fingerprint density at radius 1 is 1.36 bits per heavy atom. The van der Waals surface area contributed by atoms with Gasteiger partial charge < -0.3 is 19.7 Å². The number of nitrogens with one attached hydrogen (secondary N) is 1. The van der Waals surface area contributed by atoms with Crippen LogP contribution in [0.15, 0.2) is 42.9 Å². The first kappa shape index (κ1) is 16.8. The number of hydrogen-bond donors (Lipinski definition) is 2. The van der Waals surface area contributed by atoms with Gasteiger partial charge in [0.2, 0.25) is 5.95 Å². The predicted molar refractivity (Wildman–Crippen MR) is 94.7 cm³/mol. The first-order valence-corrected chi connectivity index (χ1v) is 7.69. The van der Waals surface area contributed by atoms with Crippen LogP contribution in [0, 0.1) is 0 Å². The lowest BCUT2D eigenvalue weighted by Gasteiger charge is -2.11. The SMILES string of the molecule is COc1cc(C(=O)O)ccc1Nc1ncc(Cl)c(-c2ccn(C)c2)n1. The summed E-state index contributed by atoms with van der Waals surface area (Å²) in [5.41, 5.74) is 2.14. The minimum Gasteiger partial charge on any atom is -0.495 e. The van der Waals surface area contributed by atoms with Crippen molar-refractivity contribution in [1.29, 1.82) is 0 Å². The summed E-state index contributed by atoms with van der Waals surface area (Å²) in [6.45, 7) is 0. The highest BCUT2D eigenvalue weighted by atomic mass is 35.5. The summed E-state index contributed by atoms with van der Waals surface area (Å²) in [6, 6.07) is 6.41. The number of hydrogen-bond acceptors (Lipinski definition) is 5. The van der Waals surface area contributed by atoms with Gasteiger partial charge in [0.25, 0.3) is 0 Å². The molecule has 8 heteroatoms. The Bertz CT molecular complexity index is 939. The van der Waals surface area contributed by atoms with E-state index < -0.39 is 5.97 Å². The first-order valence-electron chi connectivity index (χ1n) is 7.31. The Hall–Kier alpha value is -3.06. The fraction of sp³-hybridized carbons (Fsp3) is 0.118. The number of ether oxygens (including phenoxy) is 1. The van der Waals surface area contributed by atoms with Crippen LogP contribution < -0.4 is 10.1 Å². The molecule has 0 bridgehead atoms. The second-order valence-corrected chi connectivity index (χ2v) is 5.71. The Kier molecular flexibility index (Phi) is 4.58. The van der Waals surface area contributed by atoms with Crippen molar-refractivity contribution in [2.24, 2.45) is 7.05 Å². The number of aryl methyl sites for hydroxylation is 1. The lowest BCUT2D eigenvalue weighted by Crippen LogP contribution is -2.02. The van der Waals surface area contributed by atoms with Gasteiger partial charge in [0.1, 0.15) is 5.75 Å². The van der Waals surface area contributed by atoms with Crippen LogP contribution in [0.1, 0.15) is 10.4 Å². The molecule has 0 saturated carbocycles. The van der Waals surface area contributed by atoms with E-state index in [9.17, 15) is 4.79 Å². The van der Waals surface area contributed by atoms with Crippen LogP contribution in [-0.4, -0.2) is 32.7 Å². The lowest BCUT2D eigenvalue weighted by molar-refractivity contribution is 0.0696. The molecule has 0 spiro atoms. The van der Waals surface area contributed by atoms with E-state index in [1.807, 2.05) is 30.1 Å². The molecule has 0 fully saturated rings. The Balaban J connectivity index is 1.95. The van der Waals surface area contributed by atoms with Crippen molar-refractivity contribution in [3.05, 3.63) is 53.4 Å². The van der Waals surface area contributed by atoms with Gasteiger partial charge in [-0.3, -0.25) is 0 Å². The minimum atomic E-state index is -1.03. The van der Waals surface area contributed by atoms with Crippen LogP contribution in [0.4, 0.5) is 11.6 Å². The highest BCUT2D eigenvalue weighted by Gasteiger charge is 2.13. The highest BCUT2D eigenvalue weighted by molar-refractivity contribution is 6.32. The molecule has 3 aromatic rings. The zero-order valence-corrected chi connectivity index (χ0v) is 14.3. The fourth-order valence-corrected chi connectivity index (χ4v) is 2.52. The van der Waals surface area contributed by atoms with Crippen LogP contribution in [-0.2, 0) is 7.05 Å². The Morgan fingerprint density at radius 3 is 2.80 bits per heavy atom. The van der Waals surface area contributed by atoms with Gasteiger partial charge >= 0.3 is 5.97 Å². The van der Waals surface area contributed by atoms with Crippen LogP contribution in [0.3, 0.4) is 0 Å². The monoisotopic (exact) mass is 358 g/mol. The van der Waals surface area contributed by atoms with Gasteiger partial charge in [-0.15, -0.1) is 0 Å². The van der Waals surface area contributed by atoms with Crippen molar-refractivity contribution in [3.63, 3.8) is 0 Å². The summed E-state index contributed by atoms with van der Waals surface area (Å²) in [6.07, 6.45) is 5.31. The first-order chi connectivity index (χ1) is 12.0. The zero-order valence-electron chi connectivity index (χ0n) is 13.5. The molecule has 0 aliphatic rings. The van der Waals surface area contributed by atoms with Gasteiger partial charge in [-0.05, 0) is 24.3 Å². The van der Waals surface area contributed by atoms with E-state index in [2.05, 4.69) is 15.3 Å². The molecule has 0 unspecified atom stereocenters. The smallest absolute Gasteiger partial charge is 0.335 e. The van der Waals surface area contributed by atoms with Crippen molar-refractivity contribution >= 4 is 29.2 Å². The van der Waals surface area contributed by atoms with E-state index in [-0.39, 0.29) is 5.56 Å². The third kappa shape index (κ3) is 3.56. The molecule has 2 heterocycles. The van der Waals surface area contributed by atoms with Gasteiger partial charge in [0.05, 0.1) is 35.3 Å². The number of nitrogens with zero attached hydrogens (tertiary/aromatic N) is 3. The fourth-order valence-electron chi connectivity index (χ4n) is 2.32. The minimum absolute atomic E-state index is 0.129. The van der Waals surface area contributed by atoms with Gasteiger partial charge in [-0.25, -0.2) is 14.8 Å². The van der Waals surface area contributed by atoms with Gasteiger partial charge in [0.15, 0.2) is 0 Å². The number of halogens is 1. The molecular weight excluding hydrogens is 344 g/mol. The molecule has 1 aromatic carbocycles. The third-order valence-corrected chi connectivity index (χ3v) is 3.82. The molecule has 7 nitrogen and oxygen atoms in total. The molecule has 2 N–H and O–H groups in total. The average molecular weight is 359 g/mol. The molecule has 0 aliphatic carbocycles. The van der Waals surface area contributed by atoms with Crippen LogP contribution in [0.25, 0.3) is 11.3 Å². The van der Waals surface area contributed by atoms with E-state index in [4.69, 9.17) is 21.4 Å². The second-order valence-electron chi connectivity index (χ2n) is 5.30. The molecule has 0 atom stereocenters. The van der Waals surface area contributed by atoms with E-state index >= 15 is 0 Å². The molecular formula is C17H15ClN4O3. The molecule has 128 valence electrons. The van der Waals surface area contributed by atoms with Crippen LogP contribution >= 0.6 is 11.6 Å². The number of methoxy groups -OCH3 is 1. The van der Waals surface area contributed by atoms with E-state index in [1.54, 1.807) is 6.07 Å². The maximum Gasteiger partial charge on any atom is 0.335 e. The predicted octanol–water partition coefficient (Wildman–Crippen LogP) is 3.59. The van der Waals surface area contributed by atoms with Crippen molar-refractivity contribution < 1.29 is 14.6 Å². The second kappa shape index (κ2) is 6.82. The molecule has 0 saturated heterocycles. The summed E-state index contributed by atoms with van der Waals surface area (Å²) in [5.74, 6) is -0.330. The van der Waals surface area contributed by atoms with Crippen molar-refractivity contribution in [2.45, 2.75) is 0 Å². The maximum atomic E-state index is 11.1. The highest BCUT2D eigenvalue weighted by Crippen LogP contribution is 2.30. The van der Waals surface area contributed by atoms with Crippen molar-refractivity contribution in [3.8, 4) is 17.0 Å². The summed E-state index contributed by atoms with van der Waals surface area (Å²) < 4.78 is 7.14. The Labute approximate surface area is 148 Å². The average Bonchev–Trinajstić information content (AvgIpc) is 3.03.